The molecule has 7 aromatic carbocycles. The van der Waals surface area contributed by atoms with Crippen LogP contribution in [0.4, 0.5) is 17.1 Å². The molecule has 1 nitrogen and oxygen atoms in total. The average Bonchev–Trinajstić information content (AvgIpc) is 3.14. The zero-order valence-electron chi connectivity index (χ0n) is 28.9. The molecule has 0 saturated heterocycles. The Kier molecular flexibility index (Phi) is 7.72. The number of nitrogens with zero attached hydrogens (tertiary/aromatic N) is 1. The van der Waals surface area contributed by atoms with Gasteiger partial charge < -0.3 is 4.90 Å². The van der Waals surface area contributed by atoms with Crippen molar-refractivity contribution < 1.29 is 0 Å². The minimum absolute atomic E-state index is 0.169. The predicted octanol–water partition coefficient (Wildman–Crippen LogP) is 13.7. The van der Waals surface area contributed by atoms with Crippen LogP contribution in [0.1, 0.15) is 51.7 Å². The van der Waals surface area contributed by atoms with Crippen molar-refractivity contribution in [2.24, 2.45) is 0 Å². The summed E-state index contributed by atoms with van der Waals surface area (Å²) in [5.41, 5.74) is 14.2. The predicted molar refractivity (Wildman–Crippen MR) is 210 cm³/mol. The third-order valence-corrected chi connectivity index (χ3v) is 10.8. The fraction of sp³-hybridized carbons (Fsp3) is 0.167. The van der Waals surface area contributed by atoms with Gasteiger partial charge in [-0.15, -0.1) is 0 Å². The summed E-state index contributed by atoms with van der Waals surface area (Å²) in [5.74, 6) is 0. The molecule has 0 aliphatic heterocycles. The summed E-state index contributed by atoms with van der Waals surface area (Å²) in [6, 6.07) is 59.9. The van der Waals surface area contributed by atoms with Crippen molar-refractivity contribution in [1.29, 1.82) is 0 Å². The highest BCUT2D eigenvalue weighted by Gasteiger charge is 2.37. The van der Waals surface area contributed by atoms with E-state index in [1.165, 1.54) is 68.1 Å². The third-order valence-electron chi connectivity index (χ3n) is 10.8. The Balaban J connectivity index is 1.19. The summed E-state index contributed by atoms with van der Waals surface area (Å²) >= 11 is 0. The first-order valence-electron chi connectivity index (χ1n) is 17.6. The van der Waals surface area contributed by atoms with Gasteiger partial charge >= 0.3 is 0 Å². The third kappa shape index (κ3) is 5.85. The van der Waals surface area contributed by atoms with Crippen LogP contribution in [0.15, 0.2) is 164 Å². The van der Waals surface area contributed by atoms with E-state index in [4.69, 9.17) is 0 Å². The smallest absolute Gasteiger partial charge is 0.0462 e. The lowest BCUT2D eigenvalue weighted by atomic mass is 9.62. The number of hydrogen-bond donors (Lipinski definition) is 0. The molecule has 0 bridgehead atoms. The Hall–Kier alpha value is -5.40. The average molecular weight is 634 g/mol. The maximum absolute atomic E-state index is 2.50. The van der Waals surface area contributed by atoms with Crippen molar-refractivity contribution in [3.63, 3.8) is 0 Å². The van der Waals surface area contributed by atoms with E-state index in [0.717, 1.165) is 17.1 Å². The molecule has 0 fully saturated rings. The zero-order valence-corrected chi connectivity index (χ0v) is 28.9. The molecule has 0 amide bonds. The molecule has 0 heterocycles. The summed E-state index contributed by atoms with van der Waals surface area (Å²) in [4.78, 5) is 2.36. The highest BCUT2D eigenvalue weighted by molar-refractivity contribution is 5.98. The molecule has 8 rings (SSSR count). The fourth-order valence-electron chi connectivity index (χ4n) is 7.70. The van der Waals surface area contributed by atoms with Gasteiger partial charge in [0.15, 0.2) is 0 Å². The highest BCUT2D eigenvalue weighted by atomic mass is 15.1. The van der Waals surface area contributed by atoms with E-state index in [1.54, 1.807) is 0 Å². The topological polar surface area (TPSA) is 3.24 Å². The van der Waals surface area contributed by atoms with Crippen LogP contribution in [0.3, 0.4) is 0 Å². The lowest BCUT2D eigenvalue weighted by Gasteiger charge is -2.42. The van der Waals surface area contributed by atoms with Gasteiger partial charge in [0.05, 0.1) is 0 Å². The standard InChI is InChI=1S/C48H43N/c1-47(2)30-31-48(3,4)46-33-44-39(32-45(46)47)16-11-17-43(44)38-22-28-42(29-23-38)49(40-24-18-36(19-25-40)34-12-7-5-8-13-34)41-26-20-37(21-27-41)35-14-9-6-10-15-35/h5-29,32-33H,30-31H2,1-4H3. The van der Waals surface area contributed by atoms with Crippen LogP contribution in [-0.2, 0) is 10.8 Å². The van der Waals surface area contributed by atoms with Gasteiger partial charge in [0.25, 0.3) is 0 Å². The van der Waals surface area contributed by atoms with E-state index in [2.05, 4.69) is 196 Å². The molecule has 0 radical (unpaired) electrons. The number of benzene rings is 7. The molecule has 0 saturated carbocycles. The van der Waals surface area contributed by atoms with E-state index in [1.807, 2.05) is 0 Å². The van der Waals surface area contributed by atoms with Crippen molar-refractivity contribution in [3.8, 4) is 33.4 Å². The molecule has 240 valence electrons. The number of anilines is 3. The molecule has 1 aliphatic carbocycles. The normalized spacial score (nSPS) is 14.7. The molecule has 1 aliphatic rings. The first-order valence-corrected chi connectivity index (χ1v) is 17.6. The maximum Gasteiger partial charge on any atom is 0.0462 e. The number of hydrogen-bond acceptors (Lipinski definition) is 1. The Labute approximate surface area is 291 Å². The fourth-order valence-corrected chi connectivity index (χ4v) is 7.70. The first-order chi connectivity index (χ1) is 23.8. The molecule has 0 atom stereocenters. The van der Waals surface area contributed by atoms with Crippen LogP contribution in [0, 0.1) is 0 Å². The molecule has 1 heteroatoms. The van der Waals surface area contributed by atoms with Gasteiger partial charge in [0.1, 0.15) is 0 Å². The second kappa shape index (κ2) is 12.2. The zero-order chi connectivity index (χ0) is 33.6. The summed E-state index contributed by atoms with van der Waals surface area (Å²) in [6.45, 7) is 9.65. The van der Waals surface area contributed by atoms with Gasteiger partial charge in [-0.05, 0) is 121 Å². The molecule has 0 aromatic heterocycles. The minimum atomic E-state index is 0.169. The lowest BCUT2D eigenvalue weighted by molar-refractivity contribution is 0.332. The molecule has 0 N–H and O–H groups in total. The van der Waals surface area contributed by atoms with E-state index < -0.39 is 0 Å². The van der Waals surface area contributed by atoms with Crippen LogP contribution in [-0.4, -0.2) is 0 Å². The second-order valence-electron chi connectivity index (χ2n) is 14.9. The summed E-state index contributed by atoms with van der Waals surface area (Å²) < 4.78 is 0. The molecule has 49 heavy (non-hydrogen) atoms. The summed E-state index contributed by atoms with van der Waals surface area (Å²) in [5, 5.41) is 2.66. The van der Waals surface area contributed by atoms with Gasteiger partial charge in [-0.2, -0.15) is 0 Å². The second-order valence-corrected chi connectivity index (χ2v) is 14.9. The molecular formula is C48H43N. The van der Waals surface area contributed by atoms with Crippen LogP contribution in [0.2, 0.25) is 0 Å². The Morgan fingerprint density at radius 1 is 0.388 bits per heavy atom. The largest absolute Gasteiger partial charge is 0.311 e. The number of fused-ring (bicyclic) bond motifs is 2. The van der Waals surface area contributed by atoms with Gasteiger partial charge in [0.2, 0.25) is 0 Å². The Morgan fingerprint density at radius 3 is 1.27 bits per heavy atom. The molecule has 0 unspecified atom stereocenters. The monoisotopic (exact) mass is 633 g/mol. The molecular weight excluding hydrogens is 591 g/mol. The first kappa shape index (κ1) is 30.9. The van der Waals surface area contributed by atoms with Crippen molar-refractivity contribution in [2.75, 3.05) is 4.90 Å². The van der Waals surface area contributed by atoms with Crippen LogP contribution in [0.25, 0.3) is 44.2 Å². The van der Waals surface area contributed by atoms with Crippen LogP contribution < -0.4 is 4.90 Å². The lowest BCUT2D eigenvalue weighted by Crippen LogP contribution is -2.33. The van der Waals surface area contributed by atoms with E-state index in [9.17, 15) is 0 Å². The van der Waals surface area contributed by atoms with E-state index in [-0.39, 0.29) is 10.8 Å². The van der Waals surface area contributed by atoms with Crippen LogP contribution in [0.5, 0.6) is 0 Å². The van der Waals surface area contributed by atoms with Crippen LogP contribution >= 0.6 is 0 Å². The highest BCUT2D eigenvalue weighted by Crippen LogP contribution is 2.48. The minimum Gasteiger partial charge on any atom is -0.311 e. The van der Waals surface area contributed by atoms with Gasteiger partial charge in [0, 0.05) is 17.1 Å². The van der Waals surface area contributed by atoms with Gasteiger partial charge in [-0.1, -0.05) is 149 Å². The van der Waals surface area contributed by atoms with E-state index in [0.29, 0.717) is 0 Å². The Morgan fingerprint density at radius 2 is 0.796 bits per heavy atom. The molecule has 7 aromatic rings. The van der Waals surface area contributed by atoms with Crippen molar-refractivity contribution in [3.05, 3.63) is 175 Å². The number of rotatable bonds is 6. The Bertz CT molecular complexity index is 2140. The van der Waals surface area contributed by atoms with Crippen molar-refractivity contribution in [1.82, 2.24) is 0 Å². The van der Waals surface area contributed by atoms with E-state index >= 15 is 0 Å². The van der Waals surface area contributed by atoms with Gasteiger partial charge in [-0.25, -0.2) is 0 Å². The van der Waals surface area contributed by atoms with Gasteiger partial charge in [-0.3, -0.25) is 0 Å². The summed E-state index contributed by atoms with van der Waals surface area (Å²) in [7, 11) is 0. The maximum atomic E-state index is 2.50. The van der Waals surface area contributed by atoms with Crippen molar-refractivity contribution >= 4 is 27.8 Å². The summed E-state index contributed by atoms with van der Waals surface area (Å²) in [6.07, 6.45) is 2.43. The molecule has 0 spiro atoms. The SMILES string of the molecule is CC1(C)CCC(C)(C)c2cc3c(-c4ccc(N(c5ccc(-c6ccccc6)cc5)c5ccc(-c6ccccc6)cc5)cc4)cccc3cc21. The quantitative estimate of drug-likeness (QED) is 0.176. The van der Waals surface area contributed by atoms with Crippen molar-refractivity contribution in [2.45, 2.75) is 51.4 Å².